The Kier molecular flexibility index (Phi) is 6.60. The van der Waals surface area contributed by atoms with Gasteiger partial charge in [0.25, 0.3) is 0 Å². The molecule has 0 aliphatic heterocycles. The molecule has 0 aliphatic rings. The van der Waals surface area contributed by atoms with E-state index in [4.69, 9.17) is 9.15 Å². The third-order valence-corrected chi connectivity index (χ3v) is 5.90. The smallest absolute Gasteiger partial charge is 0.331 e. The summed E-state index contributed by atoms with van der Waals surface area (Å²) >= 11 is 1.57. The van der Waals surface area contributed by atoms with Crippen LogP contribution in [0.25, 0.3) is 11.0 Å². The Morgan fingerprint density at radius 3 is 2.12 bits per heavy atom. The lowest BCUT2D eigenvalue weighted by atomic mass is 10.1. The maximum Gasteiger partial charge on any atom is 0.331 e. The van der Waals surface area contributed by atoms with Gasteiger partial charge in [-0.15, -0.1) is 0 Å². The second-order valence-electron chi connectivity index (χ2n) is 7.23. The van der Waals surface area contributed by atoms with Crippen molar-refractivity contribution in [3.05, 3.63) is 89.7 Å². The van der Waals surface area contributed by atoms with Gasteiger partial charge in [-0.2, -0.15) is 0 Å². The minimum absolute atomic E-state index is 0.184. The molecule has 33 heavy (non-hydrogen) atoms. The van der Waals surface area contributed by atoms with Crippen molar-refractivity contribution in [2.45, 2.75) is 23.6 Å². The zero-order valence-electron chi connectivity index (χ0n) is 18.3. The van der Waals surface area contributed by atoms with E-state index in [1.165, 1.54) is 6.92 Å². The molecule has 166 valence electrons. The van der Waals surface area contributed by atoms with Crippen LogP contribution in [0.5, 0.6) is 5.75 Å². The number of benzene rings is 3. The van der Waals surface area contributed by atoms with Crippen molar-refractivity contribution in [1.29, 1.82) is 0 Å². The van der Waals surface area contributed by atoms with Gasteiger partial charge >= 0.3 is 5.97 Å². The molecule has 0 N–H and O–H groups in total. The van der Waals surface area contributed by atoms with Gasteiger partial charge in [-0.25, -0.2) is 4.79 Å². The van der Waals surface area contributed by atoms with E-state index < -0.39 is 5.97 Å². The van der Waals surface area contributed by atoms with Crippen molar-refractivity contribution >= 4 is 40.2 Å². The molecule has 1 heterocycles. The van der Waals surface area contributed by atoms with Crippen molar-refractivity contribution in [3.8, 4) is 5.75 Å². The number of rotatable bonds is 7. The Bertz CT molecular complexity index is 1340. The van der Waals surface area contributed by atoms with Crippen LogP contribution in [0.1, 0.15) is 35.5 Å². The number of hydrogen-bond donors (Lipinski definition) is 0. The topological polar surface area (TPSA) is 78.1 Å². The molecule has 0 fully saturated rings. The van der Waals surface area contributed by atoms with Gasteiger partial charge in [-0.3, -0.25) is 4.79 Å². The number of oxime groups is 1. The molecule has 1 aromatic heterocycles. The standard InChI is InChI=1S/C26H21NO5S/c1-16(27-32-17(2)28)18-7-11-21(12-8-18)33-22-13-9-19(10-14-22)25(29)24-15-20-5-4-6-23(30-3)26(20)31-24/h4-15H,1-3H3/b27-16+. The second-order valence-corrected chi connectivity index (χ2v) is 8.38. The zero-order chi connectivity index (χ0) is 23.4. The van der Waals surface area contributed by atoms with E-state index >= 15 is 0 Å². The summed E-state index contributed by atoms with van der Waals surface area (Å²) < 4.78 is 11.1. The first-order valence-corrected chi connectivity index (χ1v) is 11.0. The molecular weight excluding hydrogens is 438 g/mol. The van der Waals surface area contributed by atoms with E-state index in [2.05, 4.69) is 9.99 Å². The van der Waals surface area contributed by atoms with Crippen molar-refractivity contribution < 1.29 is 23.6 Å². The predicted octanol–water partition coefficient (Wildman–Crippen LogP) is 6.11. The largest absolute Gasteiger partial charge is 0.493 e. The van der Waals surface area contributed by atoms with Crippen molar-refractivity contribution in [2.24, 2.45) is 5.16 Å². The number of carbonyl (C=O) groups is 2. The summed E-state index contributed by atoms with van der Waals surface area (Å²) in [6.07, 6.45) is 0. The van der Waals surface area contributed by atoms with E-state index in [1.54, 1.807) is 50.1 Å². The van der Waals surface area contributed by atoms with E-state index in [0.29, 0.717) is 22.6 Å². The van der Waals surface area contributed by atoms with Gasteiger partial charge in [0.15, 0.2) is 17.1 Å². The summed E-state index contributed by atoms with van der Waals surface area (Å²) in [5.74, 6) is 0.230. The summed E-state index contributed by atoms with van der Waals surface area (Å²) in [6.45, 7) is 3.09. The zero-order valence-corrected chi connectivity index (χ0v) is 19.1. The molecular formula is C26H21NO5S. The average molecular weight is 460 g/mol. The van der Waals surface area contributed by atoms with Crippen LogP contribution in [0.4, 0.5) is 0 Å². The van der Waals surface area contributed by atoms with E-state index in [0.717, 1.165) is 20.7 Å². The lowest BCUT2D eigenvalue weighted by Gasteiger charge is -2.05. The Labute approximate surface area is 195 Å². The fourth-order valence-electron chi connectivity index (χ4n) is 3.21. The third kappa shape index (κ3) is 5.15. The minimum Gasteiger partial charge on any atom is -0.493 e. The molecule has 0 saturated heterocycles. The van der Waals surface area contributed by atoms with Crippen molar-refractivity contribution in [2.75, 3.05) is 7.11 Å². The van der Waals surface area contributed by atoms with Gasteiger partial charge in [-0.05, 0) is 61.0 Å². The number of ether oxygens (including phenoxy) is 1. The number of hydrogen-bond acceptors (Lipinski definition) is 7. The van der Waals surface area contributed by atoms with Gasteiger partial charge in [0.1, 0.15) is 0 Å². The molecule has 0 radical (unpaired) electrons. The van der Waals surface area contributed by atoms with Gasteiger partial charge < -0.3 is 14.0 Å². The van der Waals surface area contributed by atoms with Crippen molar-refractivity contribution in [3.63, 3.8) is 0 Å². The van der Waals surface area contributed by atoms with Crippen LogP contribution in [-0.4, -0.2) is 24.6 Å². The molecule has 0 unspecified atom stereocenters. The predicted molar refractivity (Wildman–Crippen MR) is 127 cm³/mol. The van der Waals surface area contributed by atoms with Gasteiger partial charge in [0, 0.05) is 27.7 Å². The van der Waals surface area contributed by atoms with Gasteiger partial charge in [0.05, 0.1) is 12.8 Å². The number of fused-ring (bicyclic) bond motifs is 1. The summed E-state index contributed by atoms with van der Waals surface area (Å²) in [5.41, 5.74) is 2.59. The summed E-state index contributed by atoms with van der Waals surface area (Å²) in [5, 5.41) is 4.62. The van der Waals surface area contributed by atoms with Crippen LogP contribution < -0.4 is 4.74 Å². The summed E-state index contributed by atoms with van der Waals surface area (Å²) in [7, 11) is 1.57. The SMILES string of the molecule is COc1cccc2cc(C(=O)c3ccc(Sc4ccc(/C(C)=N/OC(C)=O)cc4)cc3)oc12. The Hall–Kier alpha value is -3.84. The molecule has 0 amide bonds. The molecule has 0 atom stereocenters. The van der Waals surface area contributed by atoms with E-state index in [9.17, 15) is 9.59 Å². The third-order valence-electron chi connectivity index (χ3n) is 4.89. The van der Waals surface area contributed by atoms with E-state index in [-0.39, 0.29) is 11.5 Å². The molecule has 0 bridgehead atoms. The minimum atomic E-state index is -0.455. The first-order chi connectivity index (χ1) is 15.9. The first kappa shape index (κ1) is 22.4. The normalized spacial score (nSPS) is 11.4. The highest BCUT2D eigenvalue weighted by Crippen LogP contribution is 2.31. The average Bonchev–Trinajstić information content (AvgIpc) is 3.27. The van der Waals surface area contributed by atoms with E-state index in [1.807, 2.05) is 48.5 Å². The number of furan rings is 1. The summed E-state index contributed by atoms with van der Waals surface area (Å²) in [6, 6.07) is 22.4. The molecule has 0 spiro atoms. The highest BCUT2D eigenvalue weighted by atomic mass is 32.2. The Balaban J connectivity index is 1.46. The van der Waals surface area contributed by atoms with Crippen LogP contribution >= 0.6 is 11.8 Å². The quantitative estimate of drug-likeness (QED) is 0.144. The number of methoxy groups -OCH3 is 1. The fraction of sp³-hybridized carbons (Fsp3) is 0.115. The van der Waals surface area contributed by atoms with Crippen molar-refractivity contribution in [1.82, 2.24) is 0 Å². The van der Waals surface area contributed by atoms with Crippen LogP contribution in [0, 0.1) is 0 Å². The monoisotopic (exact) mass is 459 g/mol. The molecule has 0 aliphatic carbocycles. The molecule has 6 nitrogen and oxygen atoms in total. The molecule has 3 aromatic carbocycles. The van der Waals surface area contributed by atoms with Gasteiger partial charge in [-0.1, -0.05) is 41.2 Å². The number of ketones is 1. The fourth-order valence-corrected chi connectivity index (χ4v) is 4.03. The lowest BCUT2D eigenvalue weighted by Crippen LogP contribution is -1.99. The van der Waals surface area contributed by atoms with Crippen LogP contribution in [0.2, 0.25) is 0 Å². The number of nitrogens with zero attached hydrogens (tertiary/aromatic N) is 1. The maximum absolute atomic E-state index is 12.9. The van der Waals surface area contributed by atoms with Crippen LogP contribution in [0.3, 0.4) is 0 Å². The lowest BCUT2D eigenvalue weighted by molar-refractivity contribution is -0.140. The molecule has 0 saturated carbocycles. The van der Waals surface area contributed by atoms with Gasteiger partial charge in [0.2, 0.25) is 5.78 Å². The molecule has 4 aromatic rings. The Morgan fingerprint density at radius 1 is 0.879 bits per heavy atom. The van der Waals surface area contributed by atoms with Crippen LogP contribution in [-0.2, 0) is 9.63 Å². The number of carbonyl (C=O) groups excluding carboxylic acids is 2. The second kappa shape index (κ2) is 9.75. The van der Waals surface area contributed by atoms with Crippen LogP contribution in [0.15, 0.2) is 92.2 Å². The maximum atomic E-state index is 12.9. The Morgan fingerprint density at radius 2 is 1.52 bits per heavy atom. The summed E-state index contributed by atoms with van der Waals surface area (Å²) in [4.78, 5) is 30.5. The molecule has 7 heteroatoms. The highest BCUT2D eigenvalue weighted by Gasteiger charge is 2.16. The highest BCUT2D eigenvalue weighted by molar-refractivity contribution is 7.99. The molecule has 4 rings (SSSR count). The number of para-hydroxylation sites is 1. The first-order valence-electron chi connectivity index (χ1n) is 10.2.